The van der Waals surface area contributed by atoms with Crippen molar-refractivity contribution < 1.29 is 14.3 Å². The smallest absolute Gasteiger partial charge is 0.251 e. The summed E-state index contributed by atoms with van der Waals surface area (Å²) in [4.78, 5) is 17.1. The summed E-state index contributed by atoms with van der Waals surface area (Å²) in [5.41, 5.74) is 7.91. The molecule has 6 nitrogen and oxygen atoms in total. The van der Waals surface area contributed by atoms with Crippen molar-refractivity contribution in [2.24, 2.45) is 5.73 Å². The average molecular weight is 343 g/mol. The first kappa shape index (κ1) is 18.7. The summed E-state index contributed by atoms with van der Waals surface area (Å²) < 4.78 is 10.8. The Kier molecular flexibility index (Phi) is 6.77. The summed E-state index contributed by atoms with van der Waals surface area (Å²) in [7, 11) is 1.56. The molecule has 2 rings (SSSR count). The van der Waals surface area contributed by atoms with Gasteiger partial charge in [-0.3, -0.25) is 9.78 Å². The number of methoxy groups -OCH3 is 1. The normalized spacial score (nSPS) is 11.7. The molecule has 0 aliphatic heterocycles. The van der Waals surface area contributed by atoms with Gasteiger partial charge in [-0.15, -0.1) is 0 Å². The minimum absolute atomic E-state index is 0.149. The van der Waals surface area contributed by atoms with Gasteiger partial charge in [0.2, 0.25) is 0 Å². The minimum atomic E-state index is -0.183. The summed E-state index contributed by atoms with van der Waals surface area (Å²) in [6.07, 6.45) is 2.49. The maximum atomic E-state index is 12.7. The molecule has 3 N–H and O–H groups in total. The summed E-state index contributed by atoms with van der Waals surface area (Å²) in [6.45, 7) is 4.74. The van der Waals surface area contributed by atoms with Crippen LogP contribution in [0.3, 0.4) is 0 Å². The van der Waals surface area contributed by atoms with Crippen molar-refractivity contribution in [1.82, 2.24) is 10.3 Å². The zero-order chi connectivity index (χ0) is 18.2. The molecule has 0 aliphatic carbocycles. The third kappa shape index (κ3) is 4.70. The van der Waals surface area contributed by atoms with Crippen LogP contribution in [-0.4, -0.2) is 31.2 Å². The standard InChI is InChI=1S/C19H25N3O3/c1-4-15(18-13(2)6-5-10-21-18)22-19(23)14-7-8-16(24-3)17(12-14)25-11-9-20/h5-8,10,12,15H,4,9,11,20H2,1-3H3,(H,22,23)/t15-/m0/s1. The summed E-state index contributed by atoms with van der Waals surface area (Å²) in [6, 6.07) is 8.82. The van der Waals surface area contributed by atoms with E-state index in [-0.39, 0.29) is 11.9 Å². The minimum Gasteiger partial charge on any atom is -0.493 e. The van der Waals surface area contributed by atoms with Crippen molar-refractivity contribution in [3.63, 3.8) is 0 Å². The van der Waals surface area contributed by atoms with Gasteiger partial charge in [0.1, 0.15) is 6.61 Å². The number of nitrogens with two attached hydrogens (primary N) is 1. The van der Waals surface area contributed by atoms with E-state index in [2.05, 4.69) is 10.3 Å². The lowest BCUT2D eigenvalue weighted by atomic mass is 10.0. The van der Waals surface area contributed by atoms with Crippen LogP contribution in [0, 0.1) is 6.92 Å². The Labute approximate surface area is 148 Å². The van der Waals surface area contributed by atoms with Gasteiger partial charge in [-0.1, -0.05) is 13.0 Å². The topological polar surface area (TPSA) is 86.5 Å². The molecule has 0 aliphatic rings. The molecule has 0 radical (unpaired) electrons. The molecule has 25 heavy (non-hydrogen) atoms. The Morgan fingerprint density at radius 3 is 2.76 bits per heavy atom. The second kappa shape index (κ2) is 9.03. The molecule has 0 saturated carbocycles. The van der Waals surface area contributed by atoms with E-state index in [4.69, 9.17) is 15.2 Å². The van der Waals surface area contributed by atoms with Crippen LogP contribution in [0.5, 0.6) is 11.5 Å². The third-order valence-corrected chi connectivity index (χ3v) is 3.89. The van der Waals surface area contributed by atoms with E-state index in [1.807, 2.05) is 26.0 Å². The number of amides is 1. The highest BCUT2D eigenvalue weighted by molar-refractivity contribution is 5.95. The van der Waals surface area contributed by atoms with E-state index in [9.17, 15) is 4.79 Å². The number of aryl methyl sites for hydroxylation is 1. The van der Waals surface area contributed by atoms with Crippen molar-refractivity contribution in [3.8, 4) is 11.5 Å². The van der Waals surface area contributed by atoms with Crippen molar-refractivity contribution in [1.29, 1.82) is 0 Å². The highest BCUT2D eigenvalue weighted by atomic mass is 16.5. The Balaban J connectivity index is 2.20. The first-order valence-corrected chi connectivity index (χ1v) is 8.34. The molecule has 1 atom stereocenters. The predicted molar refractivity (Wildman–Crippen MR) is 97.0 cm³/mol. The number of carbonyl (C=O) groups is 1. The zero-order valence-electron chi connectivity index (χ0n) is 14.9. The third-order valence-electron chi connectivity index (χ3n) is 3.89. The fourth-order valence-electron chi connectivity index (χ4n) is 2.57. The van der Waals surface area contributed by atoms with Gasteiger partial charge in [0, 0.05) is 18.3 Å². The molecule has 0 saturated heterocycles. The van der Waals surface area contributed by atoms with Crippen molar-refractivity contribution >= 4 is 5.91 Å². The lowest BCUT2D eigenvalue weighted by Crippen LogP contribution is -2.29. The number of ether oxygens (including phenoxy) is 2. The fourth-order valence-corrected chi connectivity index (χ4v) is 2.57. The van der Waals surface area contributed by atoms with Crippen LogP contribution in [-0.2, 0) is 0 Å². The van der Waals surface area contributed by atoms with Gasteiger partial charge >= 0.3 is 0 Å². The molecule has 1 amide bonds. The number of aromatic nitrogens is 1. The van der Waals surface area contributed by atoms with Crippen LogP contribution in [0.25, 0.3) is 0 Å². The predicted octanol–water partition coefficient (Wildman–Crippen LogP) is 2.62. The van der Waals surface area contributed by atoms with Gasteiger partial charge < -0.3 is 20.5 Å². The molecular formula is C19H25N3O3. The number of hydrogen-bond donors (Lipinski definition) is 2. The first-order chi connectivity index (χ1) is 12.1. The SMILES string of the molecule is CC[C@H](NC(=O)c1ccc(OC)c(OCCN)c1)c1ncccc1C. The Morgan fingerprint density at radius 2 is 2.12 bits per heavy atom. The fraction of sp³-hybridized carbons (Fsp3) is 0.368. The summed E-state index contributed by atoms with van der Waals surface area (Å²) >= 11 is 0. The Bertz CT molecular complexity index is 719. The van der Waals surface area contributed by atoms with Crippen molar-refractivity contribution in [2.45, 2.75) is 26.3 Å². The van der Waals surface area contributed by atoms with Crippen LogP contribution >= 0.6 is 0 Å². The van der Waals surface area contributed by atoms with E-state index < -0.39 is 0 Å². The van der Waals surface area contributed by atoms with Crippen LogP contribution in [0.1, 0.15) is 41.0 Å². The molecule has 0 spiro atoms. The quantitative estimate of drug-likeness (QED) is 0.769. The number of rotatable bonds is 8. The maximum absolute atomic E-state index is 12.7. The highest BCUT2D eigenvalue weighted by Gasteiger charge is 2.18. The number of nitrogens with one attached hydrogen (secondary N) is 1. The molecule has 0 unspecified atom stereocenters. The van der Waals surface area contributed by atoms with E-state index >= 15 is 0 Å². The van der Waals surface area contributed by atoms with Crippen molar-refractivity contribution in [3.05, 3.63) is 53.3 Å². The van der Waals surface area contributed by atoms with Gasteiger partial charge in [0.05, 0.1) is 18.8 Å². The molecule has 134 valence electrons. The second-order valence-electron chi connectivity index (χ2n) is 5.64. The molecule has 2 aromatic rings. The molecule has 1 aromatic heterocycles. The summed E-state index contributed by atoms with van der Waals surface area (Å²) in [5, 5.41) is 3.04. The molecule has 6 heteroatoms. The van der Waals surface area contributed by atoms with Crippen molar-refractivity contribution in [2.75, 3.05) is 20.3 Å². The van der Waals surface area contributed by atoms with Gasteiger partial charge in [0.25, 0.3) is 5.91 Å². The average Bonchev–Trinajstić information content (AvgIpc) is 2.64. The number of nitrogens with zero attached hydrogens (tertiary/aromatic N) is 1. The Morgan fingerprint density at radius 1 is 1.32 bits per heavy atom. The monoisotopic (exact) mass is 343 g/mol. The lowest BCUT2D eigenvalue weighted by Gasteiger charge is -2.19. The highest BCUT2D eigenvalue weighted by Crippen LogP contribution is 2.28. The van der Waals surface area contributed by atoms with E-state index in [1.165, 1.54) is 0 Å². The maximum Gasteiger partial charge on any atom is 0.251 e. The zero-order valence-corrected chi connectivity index (χ0v) is 14.9. The van der Waals surface area contributed by atoms with Gasteiger partial charge in [0.15, 0.2) is 11.5 Å². The van der Waals surface area contributed by atoms with Crippen LogP contribution in [0.4, 0.5) is 0 Å². The van der Waals surface area contributed by atoms with Crippen LogP contribution in [0.2, 0.25) is 0 Å². The van der Waals surface area contributed by atoms with E-state index in [0.29, 0.717) is 30.2 Å². The van der Waals surface area contributed by atoms with E-state index in [0.717, 1.165) is 17.7 Å². The van der Waals surface area contributed by atoms with Crippen LogP contribution in [0.15, 0.2) is 36.5 Å². The van der Waals surface area contributed by atoms with Crippen LogP contribution < -0.4 is 20.5 Å². The molecule has 0 fully saturated rings. The van der Waals surface area contributed by atoms with Gasteiger partial charge in [-0.05, 0) is 43.2 Å². The first-order valence-electron chi connectivity index (χ1n) is 8.34. The number of hydrogen-bond acceptors (Lipinski definition) is 5. The molecule has 0 bridgehead atoms. The Hall–Kier alpha value is -2.60. The second-order valence-corrected chi connectivity index (χ2v) is 5.64. The number of carbonyl (C=O) groups excluding carboxylic acids is 1. The summed E-state index contributed by atoms with van der Waals surface area (Å²) in [5.74, 6) is 0.887. The van der Waals surface area contributed by atoms with Gasteiger partial charge in [-0.25, -0.2) is 0 Å². The molecule has 1 heterocycles. The van der Waals surface area contributed by atoms with Gasteiger partial charge in [-0.2, -0.15) is 0 Å². The van der Waals surface area contributed by atoms with E-state index in [1.54, 1.807) is 31.5 Å². The lowest BCUT2D eigenvalue weighted by molar-refractivity contribution is 0.0934. The molecule has 1 aromatic carbocycles. The number of pyridine rings is 1. The number of benzene rings is 1. The molecular weight excluding hydrogens is 318 g/mol. The largest absolute Gasteiger partial charge is 0.493 e.